The molecule has 2 aromatic rings. The standard InChI is InChI=1S/C14H20N4/c1-3-18(2)9-8-15-11-12-4-5-13-14(10-12)17-7-6-16-13/h4-7,10,15H,3,8-9,11H2,1-2H3. The van der Waals surface area contributed by atoms with E-state index in [4.69, 9.17) is 0 Å². The highest BCUT2D eigenvalue weighted by Gasteiger charge is 1.98. The predicted molar refractivity (Wildman–Crippen MR) is 74.4 cm³/mol. The Balaban J connectivity index is 1.88. The van der Waals surface area contributed by atoms with Gasteiger partial charge in [0, 0.05) is 32.0 Å². The molecule has 1 heterocycles. The summed E-state index contributed by atoms with van der Waals surface area (Å²) in [6, 6.07) is 6.23. The van der Waals surface area contributed by atoms with Crippen molar-refractivity contribution in [2.45, 2.75) is 13.5 Å². The SMILES string of the molecule is CCN(C)CCNCc1ccc2nccnc2c1. The number of fused-ring (bicyclic) bond motifs is 1. The molecule has 0 aliphatic carbocycles. The van der Waals surface area contributed by atoms with Gasteiger partial charge in [0.25, 0.3) is 0 Å². The van der Waals surface area contributed by atoms with E-state index in [0.29, 0.717) is 0 Å². The lowest BCUT2D eigenvalue weighted by molar-refractivity contribution is 0.349. The van der Waals surface area contributed by atoms with E-state index in [1.165, 1.54) is 5.56 Å². The first-order chi connectivity index (χ1) is 8.79. The fourth-order valence-corrected chi connectivity index (χ4v) is 1.78. The maximum absolute atomic E-state index is 4.31. The van der Waals surface area contributed by atoms with Crippen LogP contribution in [0.2, 0.25) is 0 Å². The lowest BCUT2D eigenvalue weighted by atomic mass is 10.2. The first-order valence-corrected chi connectivity index (χ1v) is 6.38. The van der Waals surface area contributed by atoms with Crippen LogP contribution in [0.4, 0.5) is 0 Å². The molecule has 1 aromatic heterocycles. The molecule has 0 saturated heterocycles. The Hall–Kier alpha value is -1.52. The van der Waals surface area contributed by atoms with Crippen molar-refractivity contribution in [3.63, 3.8) is 0 Å². The highest BCUT2D eigenvalue weighted by atomic mass is 15.1. The Labute approximate surface area is 108 Å². The van der Waals surface area contributed by atoms with Crippen LogP contribution in [0.25, 0.3) is 11.0 Å². The first kappa shape index (κ1) is 12.9. The minimum absolute atomic E-state index is 0.879. The van der Waals surface area contributed by atoms with Gasteiger partial charge in [-0.3, -0.25) is 9.97 Å². The van der Waals surface area contributed by atoms with Gasteiger partial charge in [-0.1, -0.05) is 13.0 Å². The molecule has 2 rings (SSSR count). The number of hydrogen-bond donors (Lipinski definition) is 1. The zero-order chi connectivity index (χ0) is 12.8. The average Bonchev–Trinajstić information content (AvgIpc) is 2.43. The Kier molecular flexibility index (Phi) is 4.61. The second kappa shape index (κ2) is 6.42. The van der Waals surface area contributed by atoms with Crippen LogP contribution >= 0.6 is 0 Å². The number of hydrogen-bond acceptors (Lipinski definition) is 4. The maximum atomic E-state index is 4.31. The summed E-state index contributed by atoms with van der Waals surface area (Å²) in [4.78, 5) is 10.9. The largest absolute Gasteiger partial charge is 0.311 e. The van der Waals surface area contributed by atoms with Crippen LogP contribution in [0.1, 0.15) is 12.5 Å². The fourth-order valence-electron chi connectivity index (χ4n) is 1.78. The topological polar surface area (TPSA) is 41.0 Å². The lowest BCUT2D eigenvalue weighted by Gasteiger charge is -2.14. The third-order valence-electron chi connectivity index (χ3n) is 3.07. The fraction of sp³-hybridized carbons (Fsp3) is 0.429. The third kappa shape index (κ3) is 3.48. The Morgan fingerprint density at radius 3 is 2.72 bits per heavy atom. The van der Waals surface area contributed by atoms with Gasteiger partial charge in [0.2, 0.25) is 0 Å². The summed E-state index contributed by atoms with van der Waals surface area (Å²) in [5.41, 5.74) is 3.16. The molecule has 0 amide bonds. The lowest BCUT2D eigenvalue weighted by Crippen LogP contribution is -2.28. The highest BCUT2D eigenvalue weighted by molar-refractivity contribution is 5.74. The van der Waals surface area contributed by atoms with E-state index < -0.39 is 0 Å². The van der Waals surface area contributed by atoms with Gasteiger partial charge in [-0.25, -0.2) is 0 Å². The summed E-state index contributed by atoms with van der Waals surface area (Å²) in [5, 5.41) is 3.44. The number of benzene rings is 1. The number of likely N-dealkylation sites (N-methyl/N-ethyl adjacent to an activating group) is 1. The van der Waals surface area contributed by atoms with Crippen LogP contribution in [0.5, 0.6) is 0 Å². The van der Waals surface area contributed by atoms with Crippen molar-refractivity contribution < 1.29 is 0 Å². The monoisotopic (exact) mass is 244 g/mol. The molecular weight excluding hydrogens is 224 g/mol. The molecule has 0 atom stereocenters. The summed E-state index contributed by atoms with van der Waals surface area (Å²) in [6.45, 7) is 6.21. The number of aromatic nitrogens is 2. The smallest absolute Gasteiger partial charge is 0.0890 e. The van der Waals surface area contributed by atoms with Gasteiger partial charge in [0.05, 0.1) is 11.0 Å². The van der Waals surface area contributed by atoms with E-state index in [2.05, 4.69) is 46.3 Å². The summed E-state index contributed by atoms with van der Waals surface area (Å²) in [5.74, 6) is 0. The number of nitrogens with zero attached hydrogens (tertiary/aromatic N) is 3. The first-order valence-electron chi connectivity index (χ1n) is 6.38. The molecule has 1 N–H and O–H groups in total. The molecule has 0 radical (unpaired) electrons. The normalized spacial score (nSPS) is 11.3. The second-order valence-corrected chi connectivity index (χ2v) is 4.45. The van der Waals surface area contributed by atoms with E-state index in [1.54, 1.807) is 12.4 Å². The van der Waals surface area contributed by atoms with E-state index in [-0.39, 0.29) is 0 Å². The number of rotatable bonds is 6. The summed E-state index contributed by atoms with van der Waals surface area (Å²) in [6.07, 6.45) is 3.45. The molecule has 1 aromatic carbocycles. The molecule has 0 spiro atoms. The number of nitrogens with one attached hydrogen (secondary N) is 1. The van der Waals surface area contributed by atoms with Crippen LogP contribution < -0.4 is 5.32 Å². The van der Waals surface area contributed by atoms with Crippen LogP contribution in [-0.4, -0.2) is 41.5 Å². The molecule has 0 aliphatic rings. The molecule has 4 heteroatoms. The van der Waals surface area contributed by atoms with Crippen LogP contribution in [0, 0.1) is 0 Å². The minimum atomic E-state index is 0.879. The molecule has 0 unspecified atom stereocenters. The average molecular weight is 244 g/mol. The molecule has 0 saturated carbocycles. The molecular formula is C14H20N4. The van der Waals surface area contributed by atoms with Crippen molar-refractivity contribution in [1.82, 2.24) is 20.2 Å². The van der Waals surface area contributed by atoms with Gasteiger partial charge >= 0.3 is 0 Å². The van der Waals surface area contributed by atoms with Crippen LogP contribution in [0.15, 0.2) is 30.6 Å². The Bertz CT molecular complexity index is 498. The molecule has 0 bridgehead atoms. The van der Waals surface area contributed by atoms with E-state index in [9.17, 15) is 0 Å². The van der Waals surface area contributed by atoms with Gasteiger partial charge in [-0.15, -0.1) is 0 Å². The zero-order valence-corrected chi connectivity index (χ0v) is 11.1. The van der Waals surface area contributed by atoms with Crippen molar-refractivity contribution in [2.75, 3.05) is 26.7 Å². The van der Waals surface area contributed by atoms with E-state index >= 15 is 0 Å². The minimum Gasteiger partial charge on any atom is -0.311 e. The van der Waals surface area contributed by atoms with Gasteiger partial charge < -0.3 is 10.2 Å². The Morgan fingerprint density at radius 1 is 1.17 bits per heavy atom. The van der Waals surface area contributed by atoms with Gasteiger partial charge in [-0.2, -0.15) is 0 Å². The summed E-state index contributed by atoms with van der Waals surface area (Å²) in [7, 11) is 2.13. The molecule has 0 fully saturated rings. The van der Waals surface area contributed by atoms with Gasteiger partial charge in [-0.05, 0) is 31.3 Å². The molecule has 0 aliphatic heterocycles. The Morgan fingerprint density at radius 2 is 1.94 bits per heavy atom. The van der Waals surface area contributed by atoms with Crippen molar-refractivity contribution >= 4 is 11.0 Å². The van der Waals surface area contributed by atoms with Crippen molar-refractivity contribution in [2.24, 2.45) is 0 Å². The molecule has 4 nitrogen and oxygen atoms in total. The maximum Gasteiger partial charge on any atom is 0.0890 e. The van der Waals surface area contributed by atoms with Gasteiger partial charge in [0.15, 0.2) is 0 Å². The summed E-state index contributed by atoms with van der Waals surface area (Å²) < 4.78 is 0. The zero-order valence-electron chi connectivity index (χ0n) is 11.1. The van der Waals surface area contributed by atoms with Crippen molar-refractivity contribution in [1.29, 1.82) is 0 Å². The summed E-state index contributed by atoms with van der Waals surface area (Å²) >= 11 is 0. The van der Waals surface area contributed by atoms with Crippen molar-refractivity contribution in [3.8, 4) is 0 Å². The molecule has 96 valence electrons. The van der Waals surface area contributed by atoms with E-state index in [1.807, 2.05) is 6.07 Å². The highest BCUT2D eigenvalue weighted by Crippen LogP contribution is 2.10. The van der Waals surface area contributed by atoms with Gasteiger partial charge in [0.1, 0.15) is 0 Å². The van der Waals surface area contributed by atoms with Crippen molar-refractivity contribution in [3.05, 3.63) is 36.2 Å². The van der Waals surface area contributed by atoms with E-state index in [0.717, 1.165) is 37.2 Å². The third-order valence-corrected chi connectivity index (χ3v) is 3.07. The second-order valence-electron chi connectivity index (χ2n) is 4.45. The predicted octanol–water partition coefficient (Wildman–Crippen LogP) is 1.67. The van der Waals surface area contributed by atoms with Crippen LogP contribution in [-0.2, 0) is 6.54 Å². The van der Waals surface area contributed by atoms with Crippen LogP contribution in [0.3, 0.4) is 0 Å². The quantitative estimate of drug-likeness (QED) is 0.785. The molecule has 18 heavy (non-hydrogen) atoms.